The summed E-state index contributed by atoms with van der Waals surface area (Å²) in [4.78, 5) is 14.2. The van der Waals surface area contributed by atoms with Crippen molar-refractivity contribution in [1.82, 2.24) is 10.2 Å². The van der Waals surface area contributed by atoms with Gasteiger partial charge in [-0.3, -0.25) is 9.69 Å². The molecule has 3 nitrogen and oxygen atoms in total. The van der Waals surface area contributed by atoms with E-state index in [-0.39, 0.29) is 17.8 Å². The first-order chi connectivity index (χ1) is 9.56. The number of nitrogens with one attached hydrogen (secondary N) is 1. The van der Waals surface area contributed by atoms with Crippen LogP contribution in [0.5, 0.6) is 0 Å². The Bertz CT molecular complexity index is 440. The molecule has 1 atom stereocenters. The normalized spacial score (nSPS) is 17.4. The highest BCUT2D eigenvalue weighted by Crippen LogP contribution is 2.18. The largest absolute Gasteiger partial charge is 0.352 e. The molecule has 1 aromatic carbocycles. The summed E-state index contributed by atoms with van der Waals surface area (Å²) < 4.78 is 12.9. The fraction of sp³-hybridized carbons (Fsp3) is 0.562. The molecule has 1 aliphatic carbocycles. The fourth-order valence-electron chi connectivity index (χ4n) is 2.61. The molecule has 2 rings (SSSR count). The molecule has 1 N–H and O–H groups in total. The second-order valence-corrected chi connectivity index (χ2v) is 5.71. The van der Waals surface area contributed by atoms with Crippen molar-refractivity contribution < 1.29 is 9.18 Å². The van der Waals surface area contributed by atoms with E-state index in [2.05, 4.69) is 5.32 Å². The van der Waals surface area contributed by atoms with Crippen LogP contribution in [0.25, 0.3) is 0 Å². The third kappa shape index (κ3) is 4.04. The summed E-state index contributed by atoms with van der Waals surface area (Å²) in [6.45, 7) is 2.55. The number of nitrogens with zero attached hydrogens (tertiary/aromatic N) is 1. The molecule has 1 aromatic rings. The van der Waals surface area contributed by atoms with Crippen LogP contribution in [0.3, 0.4) is 0 Å². The summed E-state index contributed by atoms with van der Waals surface area (Å²) in [6.07, 6.45) is 4.62. The van der Waals surface area contributed by atoms with Crippen molar-refractivity contribution in [1.29, 1.82) is 0 Å². The number of hydrogen-bond donors (Lipinski definition) is 1. The molecular formula is C16H23FN2O. The van der Waals surface area contributed by atoms with Gasteiger partial charge in [-0.25, -0.2) is 4.39 Å². The SMILES string of the molecule is CC(C(=O)NC1CCCC1)N(C)Cc1ccc(F)cc1. The van der Waals surface area contributed by atoms with Crippen LogP contribution in [0.2, 0.25) is 0 Å². The Kier molecular flexibility index (Phi) is 5.12. The molecule has 0 aliphatic heterocycles. The number of likely N-dealkylation sites (N-methyl/N-ethyl adjacent to an activating group) is 1. The van der Waals surface area contributed by atoms with Gasteiger partial charge in [0.15, 0.2) is 0 Å². The molecule has 110 valence electrons. The van der Waals surface area contributed by atoms with E-state index < -0.39 is 0 Å². The molecule has 0 aromatic heterocycles. The highest BCUT2D eigenvalue weighted by molar-refractivity contribution is 5.81. The summed E-state index contributed by atoms with van der Waals surface area (Å²) in [6, 6.07) is 6.59. The molecular weight excluding hydrogens is 255 g/mol. The minimum Gasteiger partial charge on any atom is -0.352 e. The summed E-state index contributed by atoms with van der Waals surface area (Å²) >= 11 is 0. The third-order valence-electron chi connectivity index (χ3n) is 4.09. The molecule has 0 bridgehead atoms. The summed E-state index contributed by atoms with van der Waals surface area (Å²) in [5, 5.41) is 3.11. The molecule has 1 amide bonds. The third-order valence-corrected chi connectivity index (χ3v) is 4.09. The minimum absolute atomic E-state index is 0.0847. The van der Waals surface area contributed by atoms with Crippen molar-refractivity contribution in [2.45, 2.75) is 51.2 Å². The molecule has 20 heavy (non-hydrogen) atoms. The van der Waals surface area contributed by atoms with Crippen LogP contribution < -0.4 is 5.32 Å². The van der Waals surface area contributed by atoms with E-state index in [4.69, 9.17) is 0 Å². The van der Waals surface area contributed by atoms with Gasteiger partial charge >= 0.3 is 0 Å². The Labute approximate surface area is 120 Å². The van der Waals surface area contributed by atoms with Gasteiger partial charge in [0.05, 0.1) is 6.04 Å². The number of halogens is 1. The first-order valence-electron chi connectivity index (χ1n) is 7.31. The highest BCUT2D eigenvalue weighted by Gasteiger charge is 2.23. The van der Waals surface area contributed by atoms with E-state index in [0.29, 0.717) is 12.6 Å². The maximum absolute atomic E-state index is 12.9. The number of carbonyl (C=O) groups excluding carboxylic acids is 1. The van der Waals surface area contributed by atoms with Crippen LogP contribution in [0.1, 0.15) is 38.2 Å². The van der Waals surface area contributed by atoms with Crippen LogP contribution in [-0.4, -0.2) is 29.9 Å². The Hall–Kier alpha value is -1.42. The van der Waals surface area contributed by atoms with Gasteiger partial charge in [0.25, 0.3) is 0 Å². The Morgan fingerprint density at radius 1 is 1.35 bits per heavy atom. The van der Waals surface area contributed by atoms with E-state index in [9.17, 15) is 9.18 Å². The van der Waals surface area contributed by atoms with E-state index in [0.717, 1.165) is 18.4 Å². The summed E-state index contributed by atoms with van der Waals surface area (Å²) in [5.74, 6) is -0.148. The number of rotatable bonds is 5. The second kappa shape index (κ2) is 6.84. The molecule has 1 saturated carbocycles. The topological polar surface area (TPSA) is 32.3 Å². The van der Waals surface area contributed by atoms with Crippen molar-refractivity contribution in [3.8, 4) is 0 Å². The van der Waals surface area contributed by atoms with Gasteiger partial charge in [-0.1, -0.05) is 25.0 Å². The van der Waals surface area contributed by atoms with Gasteiger partial charge in [-0.15, -0.1) is 0 Å². The first-order valence-corrected chi connectivity index (χ1v) is 7.31. The van der Waals surface area contributed by atoms with Crippen LogP contribution in [0.15, 0.2) is 24.3 Å². The first kappa shape index (κ1) is 15.0. The quantitative estimate of drug-likeness (QED) is 0.898. The van der Waals surface area contributed by atoms with Gasteiger partial charge in [0.1, 0.15) is 5.82 Å². The average Bonchev–Trinajstić information content (AvgIpc) is 2.93. The lowest BCUT2D eigenvalue weighted by Crippen LogP contribution is -2.46. The lowest BCUT2D eigenvalue weighted by atomic mass is 10.1. The predicted molar refractivity (Wildman–Crippen MR) is 77.7 cm³/mol. The molecule has 0 heterocycles. The maximum atomic E-state index is 12.9. The maximum Gasteiger partial charge on any atom is 0.237 e. The standard InChI is InChI=1S/C16H23FN2O/c1-12(16(20)18-15-5-3-4-6-15)19(2)11-13-7-9-14(17)10-8-13/h7-10,12,15H,3-6,11H2,1-2H3,(H,18,20). The van der Waals surface area contributed by atoms with Crippen LogP contribution in [0, 0.1) is 5.82 Å². The number of benzene rings is 1. The minimum atomic E-state index is -0.233. The molecule has 4 heteroatoms. The van der Waals surface area contributed by atoms with Gasteiger partial charge < -0.3 is 5.32 Å². The summed E-state index contributed by atoms with van der Waals surface area (Å²) in [7, 11) is 1.92. The number of amides is 1. The van der Waals surface area contributed by atoms with E-state index in [1.165, 1.54) is 25.0 Å². The zero-order chi connectivity index (χ0) is 14.5. The summed E-state index contributed by atoms with van der Waals surface area (Å²) in [5.41, 5.74) is 1.01. The fourth-order valence-corrected chi connectivity index (χ4v) is 2.61. The van der Waals surface area contributed by atoms with E-state index >= 15 is 0 Å². The zero-order valence-electron chi connectivity index (χ0n) is 12.2. The second-order valence-electron chi connectivity index (χ2n) is 5.71. The zero-order valence-corrected chi connectivity index (χ0v) is 12.2. The molecule has 1 aliphatic rings. The van der Waals surface area contributed by atoms with Crippen molar-refractivity contribution >= 4 is 5.91 Å². The average molecular weight is 278 g/mol. The Morgan fingerprint density at radius 3 is 2.55 bits per heavy atom. The van der Waals surface area contributed by atoms with E-state index in [1.54, 1.807) is 12.1 Å². The van der Waals surface area contributed by atoms with Crippen molar-refractivity contribution in [3.63, 3.8) is 0 Å². The number of carbonyl (C=O) groups is 1. The smallest absolute Gasteiger partial charge is 0.237 e. The molecule has 0 radical (unpaired) electrons. The van der Waals surface area contributed by atoms with Crippen molar-refractivity contribution in [2.24, 2.45) is 0 Å². The molecule has 0 saturated heterocycles. The predicted octanol–water partition coefficient (Wildman–Crippen LogP) is 2.70. The Balaban J connectivity index is 1.85. The van der Waals surface area contributed by atoms with Gasteiger partial charge in [-0.05, 0) is 44.5 Å². The van der Waals surface area contributed by atoms with Gasteiger partial charge in [-0.2, -0.15) is 0 Å². The van der Waals surface area contributed by atoms with Crippen LogP contribution >= 0.6 is 0 Å². The van der Waals surface area contributed by atoms with Crippen LogP contribution in [-0.2, 0) is 11.3 Å². The monoisotopic (exact) mass is 278 g/mol. The Morgan fingerprint density at radius 2 is 1.95 bits per heavy atom. The van der Waals surface area contributed by atoms with Crippen molar-refractivity contribution in [2.75, 3.05) is 7.05 Å². The lowest BCUT2D eigenvalue weighted by molar-refractivity contribution is -0.126. The molecule has 1 unspecified atom stereocenters. The highest BCUT2D eigenvalue weighted by atomic mass is 19.1. The number of hydrogen-bond acceptors (Lipinski definition) is 2. The molecule has 1 fully saturated rings. The van der Waals surface area contributed by atoms with Gasteiger partial charge in [0, 0.05) is 12.6 Å². The lowest BCUT2D eigenvalue weighted by Gasteiger charge is -2.25. The van der Waals surface area contributed by atoms with Crippen LogP contribution in [0.4, 0.5) is 4.39 Å². The van der Waals surface area contributed by atoms with Gasteiger partial charge in [0.2, 0.25) is 5.91 Å². The van der Waals surface area contributed by atoms with Crippen molar-refractivity contribution in [3.05, 3.63) is 35.6 Å². The molecule has 0 spiro atoms. The van der Waals surface area contributed by atoms with E-state index in [1.807, 2.05) is 18.9 Å².